The quantitative estimate of drug-likeness (QED) is 0.738. The van der Waals surface area contributed by atoms with Crippen LogP contribution in [-0.4, -0.2) is 29.8 Å². The summed E-state index contributed by atoms with van der Waals surface area (Å²) in [6.07, 6.45) is 0.991. The Morgan fingerprint density at radius 3 is 2.38 bits per heavy atom. The highest BCUT2D eigenvalue weighted by molar-refractivity contribution is 7.99. The summed E-state index contributed by atoms with van der Waals surface area (Å²) in [4.78, 5) is 14.6. The lowest BCUT2D eigenvalue weighted by molar-refractivity contribution is 0.215. The summed E-state index contributed by atoms with van der Waals surface area (Å²) in [5.74, 6) is 0.968. The van der Waals surface area contributed by atoms with Gasteiger partial charge in [-0.15, -0.1) is 0 Å². The zero-order chi connectivity index (χ0) is 18.6. The summed E-state index contributed by atoms with van der Waals surface area (Å²) >= 11 is 1.95. The smallest absolute Gasteiger partial charge is 0.321 e. The van der Waals surface area contributed by atoms with Gasteiger partial charge in [-0.3, -0.25) is 0 Å². The summed E-state index contributed by atoms with van der Waals surface area (Å²) < 4.78 is 0. The number of hydrogen-bond donors (Lipinski definition) is 1. The third-order valence-corrected chi connectivity index (χ3v) is 6.13. The average molecular weight is 369 g/mol. The van der Waals surface area contributed by atoms with Crippen molar-refractivity contribution < 1.29 is 4.79 Å². The van der Waals surface area contributed by atoms with E-state index in [2.05, 4.69) is 68.6 Å². The Kier molecular flexibility index (Phi) is 5.92. The lowest BCUT2D eigenvalue weighted by Crippen LogP contribution is -2.36. The predicted molar refractivity (Wildman–Crippen MR) is 112 cm³/mol. The van der Waals surface area contributed by atoms with Gasteiger partial charge in [0.15, 0.2) is 0 Å². The molecule has 0 spiro atoms. The molecule has 1 saturated heterocycles. The van der Waals surface area contributed by atoms with Gasteiger partial charge in [0.25, 0.3) is 0 Å². The molecule has 0 unspecified atom stereocenters. The van der Waals surface area contributed by atoms with E-state index in [-0.39, 0.29) is 11.4 Å². The van der Waals surface area contributed by atoms with Crippen LogP contribution in [0.1, 0.15) is 43.6 Å². The van der Waals surface area contributed by atoms with E-state index in [0.29, 0.717) is 5.25 Å². The molecule has 2 aromatic carbocycles. The monoisotopic (exact) mass is 368 g/mol. The number of nitrogens with zero attached hydrogens (tertiary/aromatic N) is 1. The lowest BCUT2D eigenvalue weighted by Gasteiger charge is -2.22. The summed E-state index contributed by atoms with van der Waals surface area (Å²) in [7, 11) is 0. The number of rotatable bonds is 2. The standard InChI is InChI=1S/C22H28N2OS/c1-22(2,3)18-9-11-19(12-10-18)23-21(25)24-14-13-20(26-16-15-24)17-7-5-4-6-8-17/h4-12,20H,13-16H2,1-3H3,(H,23,25)/t20-/m0/s1. The molecule has 3 rings (SSSR count). The van der Waals surface area contributed by atoms with Gasteiger partial charge in [-0.1, -0.05) is 63.2 Å². The van der Waals surface area contributed by atoms with Crippen molar-refractivity contribution in [3.63, 3.8) is 0 Å². The van der Waals surface area contributed by atoms with Gasteiger partial charge < -0.3 is 10.2 Å². The van der Waals surface area contributed by atoms with Crippen LogP contribution in [0, 0.1) is 0 Å². The fourth-order valence-corrected chi connectivity index (χ4v) is 4.40. The molecule has 2 amide bonds. The Morgan fingerprint density at radius 1 is 1.04 bits per heavy atom. The van der Waals surface area contributed by atoms with Gasteiger partial charge >= 0.3 is 6.03 Å². The van der Waals surface area contributed by atoms with Crippen LogP contribution < -0.4 is 5.32 Å². The number of nitrogens with one attached hydrogen (secondary N) is 1. The molecule has 1 N–H and O–H groups in total. The van der Waals surface area contributed by atoms with Crippen LogP contribution in [0.3, 0.4) is 0 Å². The van der Waals surface area contributed by atoms with E-state index in [0.717, 1.165) is 31.0 Å². The highest BCUT2D eigenvalue weighted by Gasteiger charge is 2.22. The topological polar surface area (TPSA) is 32.3 Å². The molecule has 138 valence electrons. The number of carbonyl (C=O) groups is 1. The maximum Gasteiger partial charge on any atom is 0.321 e. The number of thioether (sulfide) groups is 1. The highest BCUT2D eigenvalue weighted by atomic mass is 32.2. The van der Waals surface area contributed by atoms with E-state index < -0.39 is 0 Å². The average Bonchev–Trinajstić information content (AvgIpc) is 2.88. The molecule has 2 aromatic rings. The molecular weight excluding hydrogens is 340 g/mol. The summed E-state index contributed by atoms with van der Waals surface area (Å²) in [6, 6.07) is 18.8. The Balaban J connectivity index is 1.58. The summed E-state index contributed by atoms with van der Waals surface area (Å²) in [5, 5.41) is 3.52. The number of carbonyl (C=O) groups excluding carboxylic acids is 1. The van der Waals surface area contributed by atoms with Crippen molar-refractivity contribution in [1.29, 1.82) is 0 Å². The first-order valence-electron chi connectivity index (χ1n) is 9.26. The first-order valence-corrected chi connectivity index (χ1v) is 10.3. The van der Waals surface area contributed by atoms with Crippen molar-refractivity contribution >= 4 is 23.5 Å². The van der Waals surface area contributed by atoms with Crippen LogP contribution in [0.15, 0.2) is 54.6 Å². The molecular formula is C22H28N2OS. The number of urea groups is 1. The number of hydrogen-bond acceptors (Lipinski definition) is 2. The van der Waals surface area contributed by atoms with Gasteiger partial charge in [0.2, 0.25) is 0 Å². The second kappa shape index (κ2) is 8.17. The van der Waals surface area contributed by atoms with Crippen LogP contribution in [0.2, 0.25) is 0 Å². The maximum absolute atomic E-state index is 12.7. The summed E-state index contributed by atoms with van der Waals surface area (Å²) in [6.45, 7) is 8.16. The van der Waals surface area contributed by atoms with E-state index in [4.69, 9.17) is 0 Å². The van der Waals surface area contributed by atoms with Gasteiger partial charge in [-0.2, -0.15) is 11.8 Å². The van der Waals surface area contributed by atoms with Gasteiger partial charge in [-0.25, -0.2) is 4.79 Å². The van der Waals surface area contributed by atoms with Crippen molar-refractivity contribution in [3.05, 3.63) is 65.7 Å². The highest BCUT2D eigenvalue weighted by Crippen LogP contribution is 2.34. The SMILES string of the molecule is CC(C)(C)c1ccc(NC(=O)N2CCS[C@H](c3ccccc3)CC2)cc1. The Hall–Kier alpha value is -1.94. The van der Waals surface area contributed by atoms with Crippen molar-refractivity contribution in [3.8, 4) is 0 Å². The molecule has 4 heteroatoms. The first kappa shape index (κ1) is 18.8. The number of anilines is 1. The minimum atomic E-state index is 0.00261. The van der Waals surface area contributed by atoms with Gasteiger partial charge in [-0.05, 0) is 35.1 Å². The fourth-order valence-electron chi connectivity index (χ4n) is 3.16. The maximum atomic E-state index is 12.7. The van der Waals surface area contributed by atoms with Crippen LogP contribution in [0.4, 0.5) is 10.5 Å². The van der Waals surface area contributed by atoms with Crippen LogP contribution in [-0.2, 0) is 5.41 Å². The zero-order valence-electron chi connectivity index (χ0n) is 15.9. The second-order valence-corrected chi connectivity index (χ2v) is 9.11. The Morgan fingerprint density at radius 2 is 1.73 bits per heavy atom. The fraction of sp³-hybridized carbons (Fsp3) is 0.409. The molecule has 0 aromatic heterocycles. The van der Waals surface area contributed by atoms with E-state index >= 15 is 0 Å². The van der Waals surface area contributed by atoms with Crippen molar-refractivity contribution in [1.82, 2.24) is 4.90 Å². The first-order chi connectivity index (χ1) is 12.4. The second-order valence-electron chi connectivity index (χ2n) is 7.80. The van der Waals surface area contributed by atoms with Gasteiger partial charge in [0.1, 0.15) is 0 Å². The van der Waals surface area contributed by atoms with E-state index in [1.54, 1.807) is 0 Å². The molecule has 3 nitrogen and oxygen atoms in total. The van der Waals surface area contributed by atoms with Crippen molar-refractivity contribution in [2.75, 3.05) is 24.2 Å². The van der Waals surface area contributed by atoms with Gasteiger partial charge in [0, 0.05) is 29.8 Å². The Labute approximate surface area is 161 Å². The minimum absolute atomic E-state index is 0.00261. The minimum Gasteiger partial charge on any atom is -0.324 e. The van der Waals surface area contributed by atoms with Crippen LogP contribution in [0.25, 0.3) is 0 Å². The van der Waals surface area contributed by atoms with E-state index in [1.807, 2.05) is 28.8 Å². The molecule has 0 saturated carbocycles. The molecule has 0 bridgehead atoms. The van der Waals surface area contributed by atoms with Gasteiger partial charge in [0.05, 0.1) is 0 Å². The molecule has 0 aliphatic carbocycles. The van der Waals surface area contributed by atoms with Crippen molar-refractivity contribution in [2.24, 2.45) is 0 Å². The largest absolute Gasteiger partial charge is 0.324 e. The third kappa shape index (κ3) is 4.82. The number of benzene rings is 2. The molecule has 1 fully saturated rings. The predicted octanol–water partition coefficient (Wildman–Crippen LogP) is 5.70. The molecule has 1 aliphatic rings. The van der Waals surface area contributed by atoms with Crippen molar-refractivity contribution in [2.45, 2.75) is 37.9 Å². The van der Waals surface area contributed by atoms with E-state index in [9.17, 15) is 4.79 Å². The van der Waals surface area contributed by atoms with Crippen LogP contribution >= 0.6 is 11.8 Å². The molecule has 26 heavy (non-hydrogen) atoms. The molecule has 0 radical (unpaired) electrons. The molecule has 1 heterocycles. The molecule has 1 aliphatic heterocycles. The van der Waals surface area contributed by atoms with Crippen LogP contribution in [0.5, 0.6) is 0 Å². The lowest BCUT2D eigenvalue weighted by atomic mass is 9.87. The van der Waals surface area contributed by atoms with E-state index in [1.165, 1.54) is 11.1 Å². The zero-order valence-corrected chi connectivity index (χ0v) is 16.7. The normalized spacial score (nSPS) is 18.3. The molecule has 1 atom stereocenters. The summed E-state index contributed by atoms with van der Waals surface area (Å²) in [5.41, 5.74) is 3.61. The Bertz CT molecular complexity index is 722. The number of amides is 2. The third-order valence-electron chi connectivity index (χ3n) is 4.80.